The topological polar surface area (TPSA) is 29.3 Å². The van der Waals surface area contributed by atoms with Gasteiger partial charge in [0.1, 0.15) is 0 Å². The number of benzene rings is 1. The molecule has 2 atom stereocenters. The Balaban J connectivity index is 2.40. The largest absolute Gasteiger partial charge is 0.418 e. The van der Waals surface area contributed by atoms with Crippen molar-refractivity contribution in [2.75, 3.05) is 18.0 Å². The van der Waals surface area contributed by atoms with Crippen LogP contribution in [0.4, 0.5) is 18.9 Å². The number of rotatable bonds is 2. The summed E-state index contributed by atoms with van der Waals surface area (Å²) >= 11 is 0. The Morgan fingerprint density at radius 1 is 1.20 bits per heavy atom. The lowest BCUT2D eigenvalue weighted by Crippen LogP contribution is -2.39. The van der Waals surface area contributed by atoms with E-state index in [2.05, 4.69) is 13.8 Å². The van der Waals surface area contributed by atoms with Gasteiger partial charge in [-0.2, -0.15) is 13.2 Å². The Bertz CT molecular complexity index is 461. The Labute approximate surface area is 117 Å². The summed E-state index contributed by atoms with van der Waals surface area (Å²) in [6.07, 6.45) is -3.27. The summed E-state index contributed by atoms with van der Waals surface area (Å²) in [7, 11) is 0. The van der Waals surface area contributed by atoms with Gasteiger partial charge in [0.05, 0.1) is 5.56 Å². The number of alkyl halides is 3. The fourth-order valence-corrected chi connectivity index (χ4v) is 3.07. The molecule has 0 aromatic heterocycles. The lowest BCUT2D eigenvalue weighted by atomic mass is 9.91. The molecule has 0 bridgehead atoms. The predicted molar refractivity (Wildman–Crippen MR) is 74.5 cm³/mol. The van der Waals surface area contributed by atoms with Gasteiger partial charge in [0.2, 0.25) is 0 Å². The van der Waals surface area contributed by atoms with E-state index < -0.39 is 11.7 Å². The van der Waals surface area contributed by atoms with E-state index in [9.17, 15) is 13.2 Å². The maximum Gasteiger partial charge on any atom is 0.418 e. The van der Waals surface area contributed by atoms with E-state index in [1.807, 2.05) is 4.90 Å². The maximum absolute atomic E-state index is 13.2. The number of piperidine rings is 1. The van der Waals surface area contributed by atoms with Gasteiger partial charge in [0, 0.05) is 25.3 Å². The molecule has 2 nitrogen and oxygen atoms in total. The Morgan fingerprint density at radius 3 is 2.30 bits per heavy atom. The highest BCUT2D eigenvalue weighted by molar-refractivity contribution is 5.57. The minimum atomic E-state index is -4.34. The van der Waals surface area contributed by atoms with Crippen LogP contribution in [0.3, 0.4) is 0 Å². The van der Waals surface area contributed by atoms with Gasteiger partial charge in [0.15, 0.2) is 0 Å². The summed E-state index contributed by atoms with van der Waals surface area (Å²) < 4.78 is 39.7. The summed E-state index contributed by atoms with van der Waals surface area (Å²) in [4.78, 5) is 1.86. The van der Waals surface area contributed by atoms with Gasteiger partial charge < -0.3 is 10.6 Å². The van der Waals surface area contributed by atoms with Crippen LogP contribution in [0.1, 0.15) is 31.4 Å². The van der Waals surface area contributed by atoms with E-state index in [0.29, 0.717) is 30.5 Å². The van der Waals surface area contributed by atoms with Gasteiger partial charge in [0.25, 0.3) is 0 Å². The second-order valence-electron chi connectivity index (χ2n) is 5.90. The van der Waals surface area contributed by atoms with Crippen molar-refractivity contribution in [2.45, 2.75) is 33.0 Å². The molecule has 5 heteroatoms. The highest BCUT2D eigenvalue weighted by Gasteiger charge is 2.36. The third-order valence-corrected chi connectivity index (χ3v) is 3.81. The van der Waals surface area contributed by atoms with E-state index >= 15 is 0 Å². The van der Waals surface area contributed by atoms with Crippen molar-refractivity contribution in [2.24, 2.45) is 17.6 Å². The normalized spacial score (nSPS) is 24.0. The van der Waals surface area contributed by atoms with Crippen LogP contribution in [0, 0.1) is 11.8 Å². The third kappa shape index (κ3) is 3.26. The number of hydrogen-bond acceptors (Lipinski definition) is 2. The summed E-state index contributed by atoms with van der Waals surface area (Å²) in [6, 6.07) is 4.43. The Morgan fingerprint density at radius 2 is 1.80 bits per heavy atom. The molecular weight excluding hydrogens is 265 g/mol. The number of anilines is 1. The van der Waals surface area contributed by atoms with Crippen LogP contribution in [-0.2, 0) is 12.7 Å². The van der Waals surface area contributed by atoms with Crippen molar-refractivity contribution in [3.63, 3.8) is 0 Å². The molecule has 20 heavy (non-hydrogen) atoms. The van der Waals surface area contributed by atoms with Crippen LogP contribution in [0.25, 0.3) is 0 Å². The zero-order valence-corrected chi connectivity index (χ0v) is 11.9. The van der Waals surface area contributed by atoms with Crippen LogP contribution in [0.15, 0.2) is 18.2 Å². The molecule has 1 saturated heterocycles. The quantitative estimate of drug-likeness (QED) is 0.899. The van der Waals surface area contributed by atoms with Gasteiger partial charge in [-0.1, -0.05) is 19.9 Å². The van der Waals surface area contributed by atoms with Crippen molar-refractivity contribution in [1.82, 2.24) is 0 Å². The number of halogens is 3. The lowest BCUT2D eigenvalue weighted by Gasteiger charge is -2.38. The van der Waals surface area contributed by atoms with E-state index in [4.69, 9.17) is 5.73 Å². The SMILES string of the molecule is CC1CC(C)CN(c2ccc(CN)cc2C(F)(F)F)C1. The zero-order valence-electron chi connectivity index (χ0n) is 11.9. The zero-order chi connectivity index (χ0) is 14.9. The molecule has 2 N–H and O–H groups in total. The predicted octanol–water partition coefficient (Wildman–Crippen LogP) is 3.65. The fraction of sp³-hybridized carbons (Fsp3) is 0.600. The van der Waals surface area contributed by atoms with Gasteiger partial charge in [-0.3, -0.25) is 0 Å². The van der Waals surface area contributed by atoms with Crippen LogP contribution in [0.5, 0.6) is 0 Å². The molecule has 2 rings (SSSR count). The van der Waals surface area contributed by atoms with E-state index in [-0.39, 0.29) is 12.2 Å². The van der Waals surface area contributed by atoms with Gasteiger partial charge in [-0.15, -0.1) is 0 Å². The molecule has 112 valence electrons. The molecule has 1 aromatic rings. The molecule has 0 spiro atoms. The number of nitrogens with zero attached hydrogens (tertiary/aromatic N) is 1. The van der Waals surface area contributed by atoms with Crippen molar-refractivity contribution in [1.29, 1.82) is 0 Å². The molecule has 0 radical (unpaired) electrons. The second kappa shape index (κ2) is 5.64. The first-order valence-electron chi connectivity index (χ1n) is 6.96. The average molecular weight is 286 g/mol. The molecule has 1 aliphatic heterocycles. The monoisotopic (exact) mass is 286 g/mol. The number of nitrogens with two attached hydrogens (primary N) is 1. The summed E-state index contributed by atoms with van der Waals surface area (Å²) in [5, 5.41) is 0. The van der Waals surface area contributed by atoms with Gasteiger partial charge in [-0.05, 0) is 36.0 Å². The first-order chi connectivity index (χ1) is 9.31. The molecule has 1 aliphatic rings. The van der Waals surface area contributed by atoms with Crippen LogP contribution >= 0.6 is 0 Å². The molecule has 0 aliphatic carbocycles. The van der Waals surface area contributed by atoms with Gasteiger partial charge >= 0.3 is 6.18 Å². The van der Waals surface area contributed by atoms with E-state index in [0.717, 1.165) is 6.42 Å². The minimum Gasteiger partial charge on any atom is -0.371 e. The Hall–Kier alpha value is -1.23. The van der Waals surface area contributed by atoms with Crippen molar-refractivity contribution in [3.8, 4) is 0 Å². The molecule has 1 heterocycles. The highest BCUT2D eigenvalue weighted by Crippen LogP contribution is 2.39. The molecule has 0 saturated carbocycles. The fourth-order valence-electron chi connectivity index (χ4n) is 3.07. The van der Waals surface area contributed by atoms with Crippen LogP contribution < -0.4 is 10.6 Å². The van der Waals surface area contributed by atoms with Gasteiger partial charge in [-0.25, -0.2) is 0 Å². The molecule has 1 aromatic carbocycles. The first-order valence-corrected chi connectivity index (χ1v) is 6.96. The highest BCUT2D eigenvalue weighted by atomic mass is 19.4. The molecule has 2 unspecified atom stereocenters. The smallest absolute Gasteiger partial charge is 0.371 e. The summed E-state index contributed by atoms with van der Waals surface area (Å²) in [5.41, 5.74) is 5.68. The number of hydrogen-bond donors (Lipinski definition) is 1. The van der Waals surface area contributed by atoms with Crippen molar-refractivity contribution >= 4 is 5.69 Å². The van der Waals surface area contributed by atoms with E-state index in [1.54, 1.807) is 12.1 Å². The van der Waals surface area contributed by atoms with E-state index in [1.165, 1.54) is 6.07 Å². The standard InChI is InChI=1S/C15H21F3N2/c1-10-5-11(2)9-20(8-10)14-4-3-12(7-19)6-13(14)15(16,17)18/h3-4,6,10-11H,5,7-9,19H2,1-2H3. The maximum atomic E-state index is 13.2. The third-order valence-electron chi connectivity index (χ3n) is 3.81. The van der Waals surface area contributed by atoms with Crippen LogP contribution in [-0.4, -0.2) is 13.1 Å². The van der Waals surface area contributed by atoms with Crippen molar-refractivity contribution in [3.05, 3.63) is 29.3 Å². The molecule has 0 amide bonds. The van der Waals surface area contributed by atoms with Crippen LogP contribution in [0.2, 0.25) is 0 Å². The van der Waals surface area contributed by atoms with Crippen molar-refractivity contribution < 1.29 is 13.2 Å². The summed E-state index contributed by atoms with van der Waals surface area (Å²) in [6.45, 7) is 5.65. The second-order valence-corrected chi connectivity index (χ2v) is 5.90. The minimum absolute atomic E-state index is 0.121. The first kappa shape index (κ1) is 15.2. The molecular formula is C15H21F3N2. The summed E-state index contributed by atoms with van der Waals surface area (Å²) in [5.74, 6) is 0.822. The molecule has 1 fully saturated rings. The Kier molecular flexibility index (Phi) is 4.28. The average Bonchev–Trinajstić information content (AvgIpc) is 2.35. The lowest BCUT2D eigenvalue weighted by molar-refractivity contribution is -0.137.